The van der Waals surface area contributed by atoms with Crippen LogP contribution in [0.1, 0.15) is 33.9 Å². The molecule has 2 heterocycles. The topological polar surface area (TPSA) is 16.1 Å². The summed E-state index contributed by atoms with van der Waals surface area (Å²) in [6.07, 6.45) is 5.44. The van der Waals surface area contributed by atoms with Crippen LogP contribution in [0, 0.1) is 19.7 Å². The Morgan fingerprint density at radius 3 is 2.38 bits per heavy atom. The van der Waals surface area contributed by atoms with Gasteiger partial charge in [0.1, 0.15) is 5.82 Å². The molecule has 1 saturated heterocycles. The lowest BCUT2D eigenvalue weighted by Gasteiger charge is -2.28. The predicted molar refractivity (Wildman–Crippen MR) is 121 cm³/mol. The van der Waals surface area contributed by atoms with Gasteiger partial charge in [0.05, 0.1) is 10.7 Å². The van der Waals surface area contributed by atoms with E-state index in [0.29, 0.717) is 0 Å². The molecule has 3 aromatic rings. The summed E-state index contributed by atoms with van der Waals surface area (Å²) in [5.41, 5.74) is 6.21. The molecule has 4 rings (SSSR count). The van der Waals surface area contributed by atoms with Gasteiger partial charge in [-0.2, -0.15) is 0 Å². The molecule has 150 valence electrons. The highest BCUT2D eigenvalue weighted by Crippen LogP contribution is 2.29. The summed E-state index contributed by atoms with van der Waals surface area (Å²) in [4.78, 5) is 8.74. The van der Waals surface area contributed by atoms with Crippen LogP contribution in [0.25, 0.3) is 17.3 Å². The molecule has 0 spiro atoms. The molecule has 29 heavy (non-hydrogen) atoms. The number of hydrogen-bond acceptors (Lipinski definition) is 3. The normalized spacial score (nSPS) is 14.9. The number of rotatable bonds is 5. The van der Waals surface area contributed by atoms with Crippen LogP contribution >= 0.6 is 11.3 Å². The molecule has 0 amide bonds. The first-order valence-corrected chi connectivity index (χ1v) is 11.1. The summed E-state index contributed by atoms with van der Waals surface area (Å²) in [7, 11) is 0. The molecule has 1 aliphatic rings. The number of piperidine rings is 1. The lowest BCUT2D eigenvalue weighted by atomic mass is 10.0. The zero-order valence-corrected chi connectivity index (χ0v) is 17.9. The van der Waals surface area contributed by atoms with Crippen LogP contribution in [0.5, 0.6) is 0 Å². The third kappa shape index (κ3) is 5.20. The Hall–Kier alpha value is -2.30. The molecule has 0 unspecified atom stereocenters. The first kappa shape index (κ1) is 20.0. The molecule has 0 bridgehead atoms. The monoisotopic (exact) mass is 406 g/mol. The number of likely N-dealkylation sites (tertiary alicyclic amines) is 1. The molecule has 0 aliphatic carbocycles. The van der Waals surface area contributed by atoms with Crippen molar-refractivity contribution in [3.8, 4) is 11.3 Å². The number of nitrogens with zero attached hydrogens (tertiary/aromatic N) is 2. The van der Waals surface area contributed by atoms with Crippen LogP contribution < -0.4 is 0 Å². The van der Waals surface area contributed by atoms with Crippen molar-refractivity contribution in [3.63, 3.8) is 0 Å². The van der Waals surface area contributed by atoms with Crippen molar-refractivity contribution >= 4 is 17.4 Å². The van der Waals surface area contributed by atoms with Crippen LogP contribution in [-0.2, 0) is 6.42 Å². The molecule has 2 nitrogen and oxygen atoms in total. The van der Waals surface area contributed by atoms with Crippen molar-refractivity contribution in [2.45, 2.75) is 33.1 Å². The van der Waals surface area contributed by atoms with Crippen molar-refractivity contribution in [1.29, 1.82) is 0 Å². The van der Waals surface area contributed by atoms with Crippen molar-refractivity contribution in [2.75, 3.05) is 19.6 Å². The molecule has 2 aromatic carbocycles. The quantitative estimate of drug-likeness (QED) is 0.495. The van der Waals surface area contributed by atoms with E-state index in [1.807, 2.05) is 23.5 Å². The van der Waals surface area contributed by atoms with Gasteiger partial charge in [0.15, 0.2) is 0 Å². The van der Waals surface area contributed by atoms with Crippen molar-refractivity contribution in [1.82, 2.24) is 9.88 Å². The summed E-state index contributed by atoms with van der Waals surface area (Å²) in [6.45, 7) is 7.46. The Bertz CT molecular complexity index is 977. The third-order valence-electron chi connectivity index (χ3n) is 5.52. The largest absolute Gasteiger partial charge is 0.302 e. The molecule has 0 N–H and O–H groups in total. The second-order valence-corrected chi connectivity index (χ2v) is 9.10. The van der Waals surface area contributed by atoms with Crippen molar-refractivity contribution in [2.24, 2.45) is 0 Å². The number of aromatic nitrogens is 1. The maximum Gasteiger partial charge on any atom is 0.123 e. The summed E-state index contributed by atoms with van der Waals surface area (Å²) < 4.78 is 13.1. The summed E-state index contributed by atoms with van der Waals surface area (Å²) in [6, 6.07) is 15.5. The average molecular weight is 407 g/mol. The molecule has 0 atom stereocenters. The Morgan fingerprint density at radius 1 is 1.00 bits per heavy atom. The summed E-state index contributed by atoms with van der Waals surface area (Å²) in [5, 5.41) is 1.14. The lowest BCUT2D eigenvalue weighted by molar-refractivity contribution is 0.261. The maximum absolute atomic E-state index is 13.1. The maximum atomic E-state index is 13.1. The van der Waals surface area contributed by atoms with E-state index in [0.717, 1.165) is 55.2 Å². The van der Waals surface area contributed by atoms with E-state index >= 15 is 0 Å². The first-order chi connectivity index (χ1) is 14.1. The highest BCUT2D eigenvalue weighted by Gasteiger charge is 2.16. The molecular weight excluding hydrogens is 379 g/mol. The van der Waals surface area contributed by atoms with Crippen LogP contribution in [0.3, 0.4) is 0 Å². The Labute approximate surface area is 176 Å². The Morgan fingerprint density at radius 2 is 1.69 bits per heavy atom. The highest BCUT2D eigenvalue weighted by atomic mass is 32.1. The van der Waals surface area contributed by atoms with Gasteiger partial charge in [0.2, 0.25) is 0 Å². The summed E-state index contributed by atoms with van der Waals surface area (Å²) >= 11 is 1.83. The lowest BCUT2D eigenvalue weighted by Crippen LogP contribution is -2.32. The molecule has 0 radical (unpaired) electrons. The fourth-order valence-corrected chi connectivity index (χ4v) is 4.79. The van der Waals surface area contributed by atoms with E-state index in [1.54, 1.807) is 0 Å². The Kier molecular flexibility index (Phi) is 6.22. The van der Waals surface area contributed by atoms with Gasteiger partial charge in [-0.05, 0) is 50.8 Å². The Balaban J connectivity index is 1.35. The van der Waals surface area contributed by atoms with Gasteiger partial charge in [-0.25, -0.2) is 9.37 Å². The highest BCUT2D eigenvalue weighted by molar-refractivity contribution is 7.12. The fraction of sp³-hybridized carbons (Fsp3) is 0.320. The smallest absolute Gasteiger partial charge is 0.123 e. The average Bonchev–Trinajstić information content (AvgIpc) is 3.10. The fourth-order valence-electron chi connectivity index (χ4n) is 3.84. The molecule has 4 heteroatoms. The zero-order chi connectivity index (χ0) is 20.2. The number of benzene rings is 2. The van der Waals surface area contributed by atoms with E-state index in [1.165, 1.54) is 33.7 Å². The van der Waals surface area contributed by atoms with Gasteiger partial charge in [-0.3, -0.25) is 0 Å². The molecule has 1 aliphatic heterocycles. The number of halogens is 1. The van der Waals surface area contributed by atoms with Gasteiger partial charge in [-0.1, -0.05) is 53.6 Å². The minimum atomic E-state index is -0.176. The second-order valence-electron chi connectivity index (χ2n) is 7.82. The second kappa shape index (κ2) is 9.02. The SMILES string of the molecule is Cc1ccc(-c2nc(C)sc2CCN2CCC(=Cc3ccc(F)cc3)CC2)cc1. The third-order valence-corrected chi connectivity index (χ3v) is 6.55. The van der Waals surface area contributed by atoms with Crippen LogP contribution in [0.4, 0.5) is 4.39 Å². The first-order valence-electron chi connectivity index (χ1n) is 10.3. The van der Waals surface area contributed by atoms with E-state index in [4.69, 9.17) is 4.98 Å². The van der Waals surface area contributed by atoms with Gasteiger partial charge in [0, 0.05) is 30.1 Å². The predicted octanol–water partition coefficient (Wildman–Crippen LogP) is 6.29. The number of aryl methyl sites for hydroxylation is 2. The molecule has 1 fully saturated rings. The van der Waals surface area contributed by atoms with E-state index in [-0.39, 0.29) is 5.82 Å². The van der Waals surface area contributed by atoms with E-state index < -0.39 is 0 Å². The standard InChI is InChI=1S/C25H27FN2S/c1-18-3-7-22(8-4-18)25-24(29-19(2)27-25)13-16-28-14-11-21(12-15-28)17-20-5-9-23(26)10-6-20/h3-10,17H,11-16H2,1-2H3. The zero-order valence-electron chi connectivity index (χ0n) is 17.1. The minimum Gasteiger partial charge on any atom is -0.302 e. The summed E-state index contributed by atoms with van der Waals surface area (Å²) in [5.74, 6) is -0.176. The van der Waals surface area contributed by atoms with Gasteiger partial charge >= 0.3 is 0 Å². The van der Waals surface area contributed by atoms with Crippen LogP contribution in [-0.4, -0.2) is 29.5 Å². The van der Waals surface area contributed by atoms with E-state index in [2.05, 4.69) is 49.1 Å². The van der Waals surface area contributed by atoms with Gasteiger partial charge < -0.3 is 4.90 Å². The minimum absolute atomic E-state index is 0.176. The molecule has 0 saturated carbocycles. The van der Waals surface area contributed by atoms with Crippen molar-refractivity contribution in [3.05, 3.63) is 80.9 Å². The van der Waals surface area contributed by atoms with Crippen LogP contribution in [0.2, 0.25) is 0 Å². The van der Waals surface area contributed by atoms with Gasteiger partial charge in [-0.15, -0.1) is 11.3 Å². The molecular formula is C25H27FN2S. The van der Waals surface area contributed by atoms with E-state index in [9.17, 15) is 4.39 Å². The number of hydrogen-bond donors (Lipinski definition) is 0. The van der Waals surface area contributed by atoms with Crippen molar-refractivity contribution < 1.29 is 4.39 Å². The van der Waals surface area contributed by atoms with Gasteiger partial charge in [0.25, 0.3) is 0 Å². The number of thiazole rings is 1. The molecule has 1 aromatic heterocycles. The van der Waals surface area contributed by atoms with Crippen LogP contribution in [0.15, 0.2) is 54.1 Å².